The van der Waals surface area contributed by atoms with E-state index in [9.17, 15) is 9.36 Å². The van der Waals surface area contributed by atoms with Gasteiger partial charge in [-0.25, -0.2) is 4.57 Å². The van der Waals surface area contributed by atoms with Crippen LogP contribution in [0.4, 0.5) is 0 Å². The molecule has 6 nitrogen and oxygen atoms in total. The number of phosphoric acid groups is 1. The van der Waals surface area contributed by atoms with Crippen LogP contribution in [0.1, 0.15) is 112 Å². The van der Waals surface area contributed by atoms with Crippen LogP contribution in [0.5, 0.6) is 0 Å². The first-order valence-corrected chi connectivity index (χ1v) is 16.5. The van der Waals surface area contributed by atoms with Crippen LogP contribution < -0.4 is 0 Å². The third-order valence-corrected chi connectivity index (χ3v) is 11.6. The van der Waals surface area contributed by atoms with Gasteiger partial charge in [0.25, 0.3) is 0 Å². The number of carbonyl (C=O) groups is 1. The lowest BCUT2D eigenvalue weighted by Gasteiger charge is -2.58. The minimum atomic E-state index is -4.56. The molecule has 0 aromatic heterocycles. The highest BCUT2D eigenvalue weighted by atomic mass is 31.2. The highest BCUT2D eigenvalue weighted by Crippen LogP contribution is 2.67. The van der Waals surface area contributed by atoms with Gasteiger partial charge in [0.15, 0.2) is 0 Å². The lowest BCUT2D eigenvalue weighted by Crippen LogP contribution is -2.51. The monoisotopic (exact) mass is 538 g/mol. The Morgan fingerprint density at radius 1 is 1.08 bits per heavy atom. The van der Waals surface area contributed by atoms with Gasteiger partial charge in [-0.2, -0.15) is 0 Å². The van der Waals surface area contributed by atoms with E-state index >= 15 is 0 Å². The summed E-state index contributed by atoms with van der Waals surface area (Å²) < 4.78 is 20.9. The Morgan fingerprint density at radius 3 is 2.54 bits per heavy atom. The maximum atomic E-state index is 12.2. The molecule has 0 spiro atoms. The molecular formula is C30H51O6P. The molecule has 37 heavy (non-hydrogen) atoms. The third-order valence-electron chi connectivity index (χ3n) is 11.1. The van der Waals surface area contributed by atoms with Crippen LogP contribution in [0, 0.1) is 46.3 Å². The second kappa shape index (κ2) is 11.4. The molecule has 3 saturated carbocycles. The molecule has 0 radical (unpaired) electrons. The number of esters is 1. The molecule has 0 aromatic carbocycles. The summed E-state index contributed by atoms with van der Waals surface area (Å²) in [4.78, 5) is 29.8. The van der Waals surface area contributed by atoms with Gasteiger partial charge in [0.05, 0.1) is 13.0 Å². The van der Waals surface area contributed by atoms with Crippen LogP contribution in [0.15, 0.2) is 11.6 Å². The largest absolute Gasteiger partial charge is 0.469 e. The number of hydrogen-bond acceptors (Lipinski definition) is 4. The first-order valence-electron chi connectivity index (χ1n) is 14.9. The minimum absolute atomic E-state index is 0.139. The molecule has 4 aliphatic carbocycles. The summed E-state index contributed by atoms with van der Waals surface area (Å²) in [6.45, 7) is 12.0. The summed E-state index contributed by atoms with van der Waals surface area (Å²) in [6.07, 6.45) is 15.7. The lowest BCUT2D eigenvalue weighted by molar-refractivity contribution is -0.152. The number of ether oxygens (including phenoxy) is 1. The van der Waals surface area contributed by atoms with Crippen molar-refractivity contribution in [3.05, 3.63) is 11.6 Å². The molecule has 0 aromatic rings. The molecule has 0 aliphatic heterocycles. The summed E-state index contributed by atoms with van der Waals surface area (Å²) in [5.74, 6) is 4.41. The highest BCUT2D eigenvalue weighted by molar-refractivity contribution is 7.46. The van der Waals surface area contributed by atoms with E-state index in [1.165, 1.54) is 56.9 Å². The molecule has 7 heteroatoms. The molecule has 4 rings (SSSR count). The van der Waals surface area contributed by atoms with Crippen LogP contribution in [0.25, 0.3) is 0 Å². The van der Waals surface area contributed by atoms with E-state index in [0.29, 0.717) is 5.41 Å². The number of fused-ring (bicyclic) bond motifs is 5. The van der Waals surface area contributed by atoms with Crippen molar-refractivity contribution in [1.82, 2.24) is 0 Å². The van der Waals surface area contributed by atoms with E-state index in [2.05, 4.69) is 45.2 Å². The summed E-state index contributed by atoms with van der Waals surface area (Å²) in [5, 5.41) is 0. The maximum absolute atomic E-state index is 12.2. The van der Waals surface area contributed by atoms with Gasteiger partial charge in [0.2, 0.25) is 0 Å². The first-order chi connectivity index (χ1) is 17.3. The molecule has 2 N–H and O–H groups in total. The Morgan fingerprint density at radius 2 is 1.84 bits per heavy atom. The zero-order valence-corrected chi connectivity index (χ0v) is 24.7. The van der Waals surface area contributed by atoms with E-state index in [4.69, 9.17) is 14.5 Å². The van der Waals surface area contributed by atoms with Crippen molar-refractivity contribution >= 4 is 13.8 Å². The molecule has 0 bridgehead atoms. The molecule has 212 valence electrons. The standard InChI is InChI=1S/C30H51O6P/c1-20(2)7-6-8-21(3)25-11-12-26-24-10-9-22-19-23(36-28(31)15-18-35-37(32,33)34)13-16-29(22,4)27(24)14-17-30(25,26)5/h9,20-21,23-27H,6-8,10-19H2,1-5H3,(H2,32,33,34)/t21-,23+,24+,25-,26+,27+,29+,30-/m1/s1. The molecule has 8 atom stereocenters. The van der Waals surface area contributed by atoms with Crippen molar-refractivity contribution in [2.24, 2.45) is 46.3 Å². The Hall–Kier alpha value is -0.680. The van der Waals surface area contributed by atoms with Gasteiger partial charge in [0.1, 0.15) is 6.10 Å². The minimum Gasteiger partial charge on any atom is -0.462 e. The van der Waals surface area contributed by atoms with E-state index < -0.39 is 13.8 Å². The van der Waals surface area contributed by atoms with Crippen molar-refractivity contribution in [3.63, 3.8) is 0 Å². The average molecular weight is 539 g/mol. The molecule has 0 unspecified atom stereocenters. The molecule has 3 fully saturated rings. The quantitative estimate of drug-likeness (QED) is 0.171. The van der Waals surface area contributed by atoms with E-state index in [0.717, 1.165) is 54.8 Å². The predicted molar refractivity (Wildman–Crippen MR) is 146 cm³/mol. The van der Waals surface area contributed by atoms with Gasteiger partial charge < -0.3 is 14.5 Å². The third kappa shape index (κ3) is 6.39. The summed E-state index contributed by atoms with van der Waals surface area (Å²) in [7, 11) is -4.56. The second-order valence-corrected chi connectivity index (χ2v) is 15.0. The smallest absolute Gasteiger partial charge is 0.462 e. The molecule has 4 aliphatic rings. The van der Waals surface area contributed by atoms with Crippen LogP contribution in [0.3, 0.4) is 0 Å². The predicted octanol–water partition coefficient (Wildman–Crippen LogP) is 7.44. The number of allylic oxidation sites excluding steroid dienone is 1. The van der Waals surface area contributed by atoms with Gasteiger partial charge >= 0.3 is 13.8 Å². The summed E-state index contributed by atoms with van der Waals surface area (Å²) in [6, 6.07) is 0. The van der Waals surface area contributed by atoms with Gasteiger partial charge in [-0.15, -0.1) is 0 Å². The average Bonchev–Trinajstić information content (AvgIpc) is 3.15. The topological polar surface area (TPSA) is 93.1 Å². The number of hydrogen-bond donors (Lipinski definition) is 2. The number of phosphoric ester groups is 1. The zero-order valence-electron chi connectivity index (χ0n) is 23.8. The van der Waals surface area contributed by atoms with Crippen LogP contribution >= 0.6 is 7.82 Å². The van der Waals surface area contributed by atoms with Crippen molar-refractivity contribution in [2.75, 3.05) is 6.61 Å². The Kier molecular flexibility index (Phi) is 9.06. The summed E-state index contributed by atoms with van der Waals surface area (Å²) in [5.41, 5.74) is 2.17. The maximum Gasteiger partial charge on any atom is 0.469 e. The normalized spacial score (nSPS) is 38.4. The number of rotatable bonds is 10. The summed E-state index contributed by atoms with van der Waals surface area (Å²) >= 11 is 0. The Balaban J connectivity index is 1.36. The second-order valence-electron chi connectivity index (χ2n) is 13.7. The molecule has 0 saturated heterocycles. The Labute approximate surface area is 224 Å². The highest BCUT2D eigenvalue weighted by Gasteiger charge is 2.59. The van der Waals surface area contributed by atoms with Crippen molar-refractivity contribution in [1.29, 1.82) is 0 Å². The van der Waals surface area contributed by atoms with Gasteiger partial charge in [0, 0.05) is 6.42 Å². The van der Waals surface area contributed by atoms with E-state index in [-0.39, 0.29) is 24.5 Å². The lowest BCUT2D eigenvalue weighted by atomic mass is 9.47. The molecule has 0 heterocycles. The first kappa shape index (κ1) is 29.3. The number of carbonyl (C=O) groups excluding carboxylic acids is 1. The SMILES string of the molecule is CC(C)CCC[C@@H](C)[C@H]1CC[C@H]2[C@@H]3CC=C4C[C@@H](OC(=O)CCOP(=O)(O)O)CC[C@]4(C)[C@H]3CC[C@]12C. The van der Waals surface area contributed by atoms with Crippen molar-refractivity contribution < 1.29 is 28.4 Å². The van der Waals surface area contributed by atoms with Crippen LogP contribution in [-0.2, 0) is 18.6 Å². The fraction of sp³-hybridized carbons (Fsp3) is 0.900. The van der Waals surface area contributed by atoms with Crippen LogP contribution in [-0.4, -0.2) is 28.5 Å². The van der Waals surface area contributed by atoms with Gasteiger partial charge in [-0.1, -0.05) is 65.5 Å². The Bertz CT molecular complexity index is 895. The fourth-order valence-electron chi connectivity index (χ4n) is 9.25. The zero-order chi connectivity index (χ0) is 27.0. The molecular weight excluding hydrogens is 487 g/mol. The van der Waals surface area contributed by atoms with Crippen LogP contribution in [0.2, 0.25) is 0 Å². The van der Waals surface area contributed by atoms with E-state index in [1.54, 1.807) is 0 Å². The van der Waals surface area contributed by atoms with Gasteiger partial charge in [-0.3, -0.25) is 9.32 Å². The van der Waals surface area contributed by atoms with Crippen molar-refractivity contribution in [2.45, 2.75) is 118 Å². The van der Waals surface area contributed by atoms with E-state index in [1.807, 2.05) is 0 Å². The van der Waals surface area contributed by atoms with Crippen molar-refractivity contribution in [3.8, 4) is 0 Å². The van der Waals surface area contributed by atoms with Gasteiger partial charge in [-0.05, 0) is 91.3 Å². The molecule has 0 amide bonds. The fourth-order valence-corrected chi connectivity index (χ4v) is 9.57.